The molecule has 0 aliphatic heterocycles. The summed E-state index contributed by atoms with van der Waals surface area (Å²) in [6.45, 7) is 4.56. The molecule has 0 aliphatic rings. The molecule has 0 radical (unpaired) electrons. The molecule has 25 heavy (non-hydrogen) atoms. The van der Waals surface area contributed by atoms with Gasteiger partial charge >= 0.3 is 0 Å². The van der Waals surface area contributed by atoms with Crippen LogP contribution in [-0.2, 0) is 14.8 Å². The predicted octanol–water partition coefficient (Wildman–Crippen LogP) is 2.15. The van der Waals surface area contributed by atoms with Crippen molar-refractivity contribution in [1.29, 1.82) is 0 Å². The molecule has 0 saturated carbocycles. The van der Waals surface area contributed by atoms with E-state index in [1.54, 1.807) is 13.8 Å². The van der Waals surface area contributed by atoms with Gasteiger partial charge in [-0.05, 0) is 32.0 Å². The van der Waals surface area contributed by atoms with Gasteiger partial charge in [0, 0.05) is 25.7 Å². The number of halogens is 2. The predicted molar refractivity (Wildman–Crippen MR) is 92.7 cm³/mol. The molecule has 0 aliphatic carbocycles. The van der Waals surface area contributed by atoms with Crippen LogP contribution in [0.4, 0.5) is 10.1 Å². The minimum absolute atomic E-state index is 0.0268. The average Bonchev–Trinajstić information content (AvgIpc) is 2.86. The molecule has 2 rings (SSSR count). The van der Waals surface area contributed by atoms with Crippen molar-refractivity contribution in [2.75, 3.05) is 18.0 Å². The summed E-state index contributed by atoms with van der Waals surface area (Å²) in [5.74, 6) is -0.918. The molecule has 10 heteroatoms. The molecule has 0 fully saturated rings. The molecule has 1 amide bonds. The van der Waals surface area contributed by atoms with Crippen molar-refractivity contribution < 1.29 is 17.6 Å². The van der Waals surface area contributed by atoms with E-state index in [2.05, 4.69) is 14.9 Å². The number of hydrogen-bond acceptors (Lipinski definition) is 4. The van der Waals surface area contributed by atoms with Crippen LogP contribution in [0.3, 0.4) is 0 Å². The number of hydrogen-bond donors (Lipinski definition) is 2. The van der Waals surface area contributed by atoms with Crippen molar-refractivity contribution in [3.05, 3.63) is 40.4 Å². The second kappa shape index (κ2) is 7.51. The number of benzene rings is 1. The van der Waals surface area contributed by atoms with Gasteiger partial charge in [0.1, 0.15) is 10.7 Å². The third-order valence-electron chi connectivity index (χ3n) is 3.55. The molecule has 0 saturated heterocycles. The van der Waals surface area contributed by atoms with E-state index in [1.165, 1.54) is 24.0 Å². The smallest absolute Gasteiger partial charge is 0.244 e. The van der Waals surface area contributed by atoms with Crippen LogP contribution in [0.15, 0.2) is 23.1 Å². The van der Waals surface area contributed by atoms with Crippen LogP contribution in [-0.4, -0.2) is 37.6 Å². The number of carbonyl (C=O) groups excluding carboxylic acids is 1. The summed E-state index contributed by atoms with van der Waals surface area (Å²) >= 11 is 5.74. The third kappa shape index (κ3) is 4.36. The van der Waals surface area contributed by atoms with Crippen LogP contribution in [0, 0.1) is 19.7 Å². The third-order valence-corrected chi connectivity index (χ3v) is 5.56. The lowest BCUT2D eigenvalue weighted by Crippen LogP contribution is -2.37. The topological polar surface area (TPSA) is 95.2 Å². The fraction of sp³-hybridized carbons (Fsp3) is 0.333. The normalized spacial score (nSPS) is 11.6. The molecular weight excluding hydrogens is 371 g/mol. The zero-order chi connectivity index (χ0) is 18.8. The first-order valence-corrected chi connectivity index (χ1v) is 9.24. The van der Waals surface area contributed by atoms with E-state index in [1.807, 2.05) is 0 Å². The molecule has 7 nitrogen and oxygen atoms in total. The zero-order valence-corrected chi connectivity index (χ0v) is 15.5. The van der Waals surface area contributed by atoms with Crippen molar-refractivity contribution in [3.8, 4) is 0 Å². The fourth-order valence-electron chi connectivity index (χ4n) is 2.42. The molecule has 2 aromatic rings. The van der Waals surface area contributed by atoms with Gasteiger partial charge in [-0.3, -0.25) is 9.89 Å². The number of nitrogens with zero attached hydrogens (tertiary/aromatic N) is 2. The van der Waals surface area contributed by atoms with Crippen LogP contribution >= 0.6 is 11.6 Å². The van der Waals surface area contributed by atoms with Gasteiger partial charge in [-0.1, -0.05) is 11.6 Å². The minimum Gasteiger partial charge on any atom is -0.311 e. The van der Waals surface area contributed by atoms with E-state index in [9.17, 15) is 17.6 Å². The van der Waals surface area contributed by atoms with Gasteiger partial charge in [-0.15, -0.1) is 0 Å². The van der Waals surface area contributed by atoms with Crippen LogP contribution in [0.2, 0.25) is 5.02 Å². The molecular formula is C15H18ClFN4O3S. The Hall–Kier alpha value is -1.97. The second-order valence-corrected chi connectivity index (χ2v) is 7.54. The first kappa shape index (κ1) is 19.4. The maximum atomic E-state index is 13.3. The number of anilines is 1. The Balaban J connectivity index is 2.12. The van der Waals surface area contributed by atoms with Crippen molar-refractivity contribution in [2.24, 2.45) is 0 Å². The van der Waals surface area contributed by atoms with Gasteiger partial charge in [0.05, 0.1) is 16.4 Å². The highest BCUT2D eigenvalue weighted by atomic mass is 35.5. The molecule has 0 unspecified atom stereocenters. The number of sulfonamides is 1. The van der Waals surface area contributed by atoms with Crippen molar-refractivity contribution in [1.82, 2.24) is 14.9 Å². The summed E-state index contributed by atoms with van der Waals surface area (Å²) < 4.78 is 40.5. The van der Waals surface area contributed by atoms with Crippen LogP contribution < -0.4 is 9.62 Å². The largest absolute Gasteiger partial charge is 0.311 e. The summed E-state index contributed by atoms with van der Waals surface area (Å²) in [6, 6.07) is 3.87. The highest BCUT2D eigenvalue weighted by molar-refractivity contribution is 7.89. The van der Waals surface area contributed by atoms with Gasteiger partial charge in [0.2, 0.25) is 15.9 Å². The molecule has 0 spiro atoms. The van der Waals surface area contributed by atoms with Crippen molar-refractivity contribution in [2.45, 2.75) is 25.7 Å². The molecule has 1 aromatic heterocycles. The first-order valence-electron chi connectivity index (χ1n) is 7.38. The highest BCUT2D eigenvalue weighted by Crippen LogP contribution is 2.23. The van der Waals surface area contributed by atoms with Crippen molar-refractivity contribution >= 4 is 33.2 Å². The lowest BCUT2D eigenvalue weighted by atomic mass is 10.2. The average molecular weight is 389 g/mol. The Bertz CT molecular complexity index is 879. The SMILES string of the molecule is CC(=O)N(CCNS(=O)(=O)c1c(C)n[nH]c1C)c1ccc(F)c(Cl)c1. The standard InChI is InChI=1S/C15H18ClFN4O3S/c1-9-15(10(2)20-19-9)25(23,24)18-6-7-21(11(3)22)12-4-5-14(17)13(16)8-12/h4-5,8,18H,6-7H2,1-3H3,(H,19,20). The Morgan fingerprint density at radius 3 is 2.60 bits per heavy atom. The van der Waals surface area contributed by atoms with E-state index in [4.69, 9.17) is 11.6 Å². The summed E-state index contributed by atoms with van der Waals surface area (Å²) in [6.07, 6.45) is 0. The lowest BCUT2D eigenvalue weighted by Gasteiger charge is -2.21. The van der Waals surface area contributed by atoms with E-state index in [-0.39, 0.29) is 28.9 Å². The Kier molecular flexibility index (Phi) is 5.81. The summed E-state index contributed by atoms with van der Waals surface area (Å²) in [4.78, 5) is 13.2. The Morgan fingerprint density at radius 1 is 1.40 bits per heavy atom. The molecule has 1 heterocycles. The zero-order valence-electron chi connectivity index (χ0n) is 13.9. The number of rotatable bonds is 6. The van der Waals surface area contributed by atoms with E-state index < -0.39 is 15.8 Å². The van der Waals surface area contributed by atoms with Gasteiger partial charge < -0.3 is 4.90 Å². The number of carbonyl (C=O) groups is 1. The second-order valence-electron chi connectivity index (χ2n) is 5.43. The lowest BCUT2D eigenvalue weighted by molar-refractivity contribution is -0.116. The quantitative estimate of drug-likeness (QED) is 0.792. The molecule has 0 atom stereocenters. The number of amides is 1. The maximum absolute atomic E-state index is 13.3. The number of aryl methyl sites for hydroxylation is 2. The number of aromatic nitrogens is 2. The number of aromatic amines is 1. The minimum atomic E-state index is -3.76. The highest BCUT2D eigenvalue weighted by Gasteiger charge is 2.22. The van der Waals surface area contributed by atoms with E-state index in [0.29, 0.717) is 17.1 Å². The van der Waals surface area contributed by atoms with E-state index >= 15 is 0 Å². The number of H-pyrrole nitrogens is 1. The summed E-state index contributed by atoms with van der Waals surface area (Å²) in [5, 5.41) is 6.36. The first-order chi connectivity index (χ1) is 11.6. The van der Waals surface area contributed by atoms with Crippen LogP contribution in [0.5, 0.6) is 0 Å². The van der Waals surface area contributed by atoms with Gasteiger partial charge in [0.15, 0.2) is 0 Å². The fourth-order valence-corrected chi connectivity index (χ4v) is 3.98. The van der Waals surface area contributed by atoms with Gasteiger partial charge in [0.25, 0.3) is 0 Å². The molecule has 0 bridgehead atoms. The Morgan fingerprint density at radius 2 is 2.08 bits per heavy atom. The molecule has 2 N–H and O–H groups in total. The summed E-state index contributed by atoms with van der Waals surface area (Å²) in [5.41, 5.74) is 1.17. The van der Waals surface area contributed by atoms with Crippen molar-refractivity contribution in [3.63, 3.8) is 0 Å². The molecule has 136 valence electrons. The number of nitrogens with one attached hydrogen (secondary N) is 2. The summed E-state index contributed by atoms with van der Waals surface area (Å²) in [7, 11) is -3.76. The van der Waals surface area contributed by atoms with Crippen LogP contribution in [0.1, 0.15) is 18.3 Å². The monoisotopic (exact) mass is 388 g/mol. The molecule has 1 aromatic carbocycles. The van der Waals surface area contributed by atoms with E-state index in [0.717, 1.165) is 6.07 Å². The Labute approximate surface area is 150 Å². The maximum Gasteiger partial charge on any atom is 0.244 e. The van der Waals surface area contributed by atoms with Crippen LogP contribution in [0.25, 0.3) is 0 Å². The van der Waals surface area contributed by atoms with Gasteiger partial charge in [-0.25, -0.2) is 17.5 Å². The van der Waals surface area contributed by atoms with Gasteiger partial charge in [-0.2, -0.15) is 5.10 Å².